The zero-order valence-corrected chi connectivity index (χ0v) is 11.1. The van der Waals surface area contributed by atoms with Crippen LogP contribution >= 0.6 is 11.3 Å². The summed E-state index contributed by atoms with van der Waals surface area (Å²) in [4.78, 5) is 5.03. The summed E-state index contributed by atoms with van der Waals surface area (Å²) in [5, 5.41) is 9.69. The number of nitrogens with zero attached hydrogens (tertiary/aromatic N) is 1. The molecule has 5 heteroatoms. The Morgan fingerprint density at radius 2 is 2.28 bits per heavy atom. The number of thiazole rings is 1. The fourth-order valence-corrected chi connectivity index (χ4v) is 2.08. The maximum Gasteiger partial charge on any atom is 0.129 e. The molecule has 1 unspecified atom stereocenters. The Bertz CT molecular complexity index is 497. The van der Waals surface area contributed by atoms with Crippen molar-refractivity contribution in [2.45, 2.75) is 19.6 Å². The van der Waals surface area contributed by atoms with Gasteiger partial charge in [0.25, 0.3) is 0 Å². The van der Waals surface area contributed by atoms with E-state index in [0.717, 1.165) is 10.4 Å². The van der Waals surface area contributed by atoms with Crippen molar-refractivity contribution in [2.75, 3.05) is 7.11 Å². The van der Waals surface area contributed by atoms with Gasteiger partial charge in [-0.05, 0) is 19.1 Å². The Hall–Kier alpha value is -1.59. The number of rotatable bonds is 5. The lowest BCUT2D eigenvalue weighted by molar-refractivity contribution is 0.190. The summed E-state index contributed by atoms with van der Waals surface area (Å²) in [5.41, 5.74) is 2.51. The molecule has 96 valence electrons. The Balaban J connectivity index is 2.18. The molecule has 0 aliphatic heterocycles. The molecule has 0 bridgehead atoms. The SMILES string of the molecule is COc1ccc(C(C)O)c(OCc2cncs2)c1. The number of methoxy groups -OCH3 is 1. The highest BCUT2D eigenvalue weighted by Gasteiger charge is 2.11. The van der Waals surface area contributed by atoms with Crippen molar-refractivity contribution < 1.29 is 14.6 Å². The fourth-order valence-electron chi connectivity index (χ4n) is 1.57. The molecule has 1 heterocycles. The molecule has 4 nitrogen and oxygen atoms in total. The van der Waals surface area contributed by atoms with Gasteiger partial charge < -0.3 is 14.6 Å². The van der Waals surface area contributed by atoms with Gasteiger partial charge in [-0.3, -0.25) is 4.98 Å². The standard InChI is InChI=1S/C13H15NO3S/c1-9(15)12-4-3-10(16-2)5-13(12)17-7-11-6-14-8-18-11/h3-6,8-9,15H,7H2,1-2H3. The van der Waals surface area contributed by atoms with Gasteiger partial charge in [0, 0.05) is 17.8 Å². The minimum Gasteiger partial charge on any atom is -0.497 e. The molecule has 0 aliphatic carbocycles. The summed E-state index contributed by atoms with van der Waals surface area (Å²) in [6.07, 6.45) is 1.19. The number of aliphatic hydroxyl groups excluding tert-OH is 1. The first kappa shape index (κ1) is 12.9. The second kappa shape index (κ2) is 5.84. The molecule has 18 heavy (non-hydrogen) atoms. The summed E-state index contributed by atoms with van der Waals surface area (Å²) in [7, 11) is 1.60. The third-order valence-electron chi connectivity index (χ3n) is 2.52. The smallest absolute Gasteiger partial charge is 0.129 e. The largest absolute Gasteiger partial charge is 0.497 e. The molecule has 0 aliphatic rings. The van der Waals surface area contributed by atoms with Gasteiger partial charge in [0.2, 0.25) is 0 Å². The number of aromatic nitrogens is 1. The minimum atomic E-state index is -0.577. The quantitative estimate of drug-likeness (QED) is 0.903. The molecule has 0 saturated heterocycles. The summed E-state index contributed by atoms with van der Waals surface area (Å²) < 4.78 is 10.9. The first-order chi connectivity index (χ1) is 8.70. The predicted molar refractivity (Wildman–Crippen MR) is 70.1 cm³/mol. The molecule has 0 fully saturated rings. The van der Waals surface area contributed by atoms with Crippen LogP contribution in [0.5, 0.6) is 11.5 Å². The van der Waals surface area contributed by atoms with Crippen LogP contribution in [0.2, 0.25) is 0 Å². The van der Waals surface area contributed by atoms with Crippen molar-refractivity contribution in [1.29, 1.82) is 0 Å². The maximum absolute atomic E-state index is 9.69. The van der Waals surface area contributed by atoms with Crippen LogP contribution in [-0.2, 0) is 6.61 Å². The number of ether oxygens (including phenoxy) is 2. The van der Waals surface area contributed by atoms with Gasteiger partial charge in [-0.15, -0.1) is 11.3 Å². The van der Waals surface area contributed by atoms with E-state index in [1.807, 2.05) is 12.1 Å². The van der Waals surface area contributed by atoms with E-state index < -0.39 is 6.10 Å². The average molecular weight is 265 g/mol. The molecule has 2 rings (SSSR count). The molecule has 1 N–H and O–H groups in total. The number of hydrogen-bond acceptors (Lipinski definition) is 5. The van der Waals surface area contributed by atoms with Crippen molar-refractivity contribution >= 4 is 11.3 Å². The highest BCUT2D eigenvalue weighted by molar-refractivity contribution is 7.09. The van der Waals surface area contributed by atoms with Crippen LogP contribution in [0.4, 0.5) is 0 Å². The lowest BCUT2D eigenvalue weighted by atomic mass is 10.1. The van der Waals surface area contributed by atoms with Crippen molar-refractivity contribution in [3.05, 3.63) is 40.3 Å². The van der Waals surface area contributed by atoms with Gasteiger partial charge in [0.15, 0.2) is 0 Å². The van der Waals surface area contributed by atoms with E-state index in [-0.39, 0.29) is 0 Å². The second-order valence-corrected chi connectivity index (χ2v) is 4.81. The first-order valence-electron chi connectivity index (χ1n) is 5.57. The summed E-state index contributed by atoms with van der Waals surface area (Å²) >= 11 is 1.54. The predicted octanol–water partition coefficient (Wildman–Crippen LogP) is 2.78. The number of benzene rings is 1. The van der Waals surface area contributed by atoms with Crippen molar-refractivity contribution in [3.8, 4) is 11.5 Å². The number of aliphatic hydroxyl groups is 1. The maximum atomic E-state index is 9.69. The zero-order valence-electron chi connectivity index (χ0n) is 10.3. The van der Waals surface area contributed by atoms with Gasteiger partial charge in [-0.2, -0.15) is 0 Å². The van der Waals surface area contributed by atoms with E-state index in [9.17, 15) is 5.11 Å². The normalized spacial score (nSPS) is 12.2. The lowest BCUT2D eigenvalue weighted by Gasteiger charge is -2.14. The van der Waals surface area contributed by atoms with Crippen molar-refractivity contribution in [1.82, 2.24) is 4.98 Å². The van der Waals surface area contributed by atoms with Crippen LogP contribution in [0, 0.1) is 0 Å². The average Bonchev–Trinajstić information content (AvgIpc) is 2.88. The molecule has 2 aromatic rings. The molecule has 1 aromatic heterocycles. The topological polar surface area (TPSA) is 51.6 Å². The number of hydrogen-bond donors (Lipinski definition) is 1. The van der Waals surface area contributed by atoms with E-state index in [4.69, 9.17) is 9.47 Å². The van der Waals surface area contributed by atoms with Gasteiger partial charge in [-0.25, -0.2) is 0 Å². The molecule has 0 radical (unpaired) electrons. The molecule has 0 saturated carbocycles. The molecule has 0 spiro atoms. The highest BCUT2D eigenvalue weighted by Crippen LogP contribution is 2.30. The summed E-state index contributed by atoms with van der Waals surface area (Å²) in [6.45, 7) is 2.15. The van der Waals surface area contributed by atoms with Gasteiger partial charge in [0.05, 0.1) is 23.6 Å². The zero-order chi connectivity index (χ0) is 13.0. The summed E-state index contributed by atoms with van der Waals surface area (Å²) in [6, 6.07) is 5.40. The van der Waals surface area contributed by atoms with Gasteiger partial charge in [-0.1, -0.05) is 0 Å². The fraction of sp³-hybridized carbons (Fsp3) is 0.308. The second-order valence-electron chi connectivity index (χ2n) is 3.84. The Kier molecular flexibility index (Phi) is 4.17. The van der Waals surface area contributed by atoms with E-state index in [0.29, 0.717) is 18.1 Å². The Labute approximate surface area is 110 Å². The van der Waals surface area contributed by atoms with Crippen molar-refractivity contribution in [2.24, 2.45) is 0 Å². The van der Waals surface area contributed by atoms with Crippen LogP contribution in [0.15, 0.2) is 29.9 Å². The van der Waals surface area contributed by atoms with Crippen LogP contribution in [0.25, 0.3) is 0 Å². The monoisotopic (exact) mass is 265 g/mol. The van der Waals surface area contributed by atoms with Crippen molar-refractivity contribution in [3.63, 3.8) is 0 Å². The molecule has 1 aromatic carbocycles. The third kappa shape index (κ3) is 3.00. The molecular weight excluding hydrogens is 250 g/mol. The van der Waals surface area contributed by atoms with Gasteiger partial charge in [0.1, 0.15) is 18.1 Å². The molecule has 0 amide bonds. The van der Waals surface area contributed by atoms with E-state index in [2.05, 4.69) is 4.98 Å². The molecular formula is C13H15NO3S. The van der Waals surface area contributed by atoms with Crippen LogP contribution < -0.4 is 9.47 Å². The summed E-state index contributed by atoms with van der Waals surface area (Å²) in [5.74, 6) is 1.34. The molecule has 1 atom stereocenters. The van der Waals surface area contributed by atoms with E-state index in [1.54, 1.807) is 31.8 Å². The lowest BCUT2D eigenvalue weighted by Crippen LogP contribution is -2.00. The Morgan fingerprint density at radius 1 is 1.44 bits per heavy atom. The Morgan fingerprint density at radius 3 is 2.89 bits per heavy atom. The first-order valence-corrected chi connectivity index (χ1v) is 6.45. The third-order valence-corrected chi connectivity index (χ3v) is 3.28. The van der Waals surface area contributed by atoms with Crippen LogP contribution in [0.3, 0.4) is 0 Å². The van der Waals surface area contributed by atoms with Gasteiger partial charge >= 0.3 is 0 Å². The van der Waals surface area contributed by atoms with Crippen LogP contribution in [0.1, 0.15) is 23.5 Å². The van der Waals surface area contributed by atoms with E-state index >= 15 is 0 Å². The minimum absolute atomic E-state index is 0.442. The van der Waals surface area contributed by atoms with Crippen LogP contribution in [-0.4, -0.2) is 17.2 Å². The van der Waals surface area contributed by atoms with E-state index in [1.165, 1.54) is 11.3 Å². The highest BCUT2D eigenvalue weighted by atomic mass is 32.1.